The van der Waals surface area contributed by atoms with E-state index in [-0.39, 0.29) is 37.6 Å². The largest absolute Gasteiger partial charge is 0.454 e. The molecule has 1 atom stereocenters. The number of hydrogen-bond donors (Lipinski definition) is 1. The van der Waals surface area contributed by atoms with Crippen molar-refractivity contribution in [3.8, 4) is 11.5 Å². The van der Waals surface area contributed by atoms with Gasteiger partial charge in [0.15, 0.2) is 11.5 Å². The normalized spacial score (nSPS) is 15.4. The van der Waals surface area contributed by atoms with Gasteiger partial charge in [-0.05, 0) is 54.7 Å². The van der Waals surface area contributed by atoms with Gasteiger partial charge >= 0.3 is 0 Å². The second-order valence-corrected chi connectivity index (χ2v) is 11.3. The minimum absolute atomic E-state index is 0.119. The van der Waals surface area contributed by atoms with E-state index < -0.39 is 6.04 Å². The standard InChI is InChI=1S/C32H34Cl2N2O4/c33-26-12-7-13-27(34)25(26)20-36(31(37)17-15-23-14-16-29-30(19-23)40-21-39-29)28(18-22-8-3-1-4-9-22)32(38)35-24-10-5-2-6-11-24/h1,3-4,7-9,12-14,16,19,24,28H,2,5-6,10-11,15,17-18,20-21H2,(H,35,38). The van der Waals surface area contributed by atoms with Gasteiger partial charge in [0, 0.05) is 41.0 Å². The maximum atomic E-state index is 14.0. The first-order valence-corrected chi connectivity index (χ1v) is 14.7. The number of amides is 2. The third kappa shape index (κ3) is 7.10. The highest BCUT2D eigenvalue weighted by atomic mass is 35.5. The number of carbonyl (C=O) groups excluding carboxylic acids is 2. The van der Waals surface area contributed by atoms with Crippen molar-refractivity contribution in [3.05, 3.63) is 93.5 Å². The van der Waals surface area contributed by atoms with Crippen molar-refractivity contribution in [3.63, 3.8) is 0 Å². The molecule has 5 rings (SSSR count). The molecule has 1 N–H and O–H groups in total. The van der Waals surface area contributed by atoms with E-state index in [2.05, 4.69) is 5.32 Å². The van der Waals surface area contributed by atoms with Crippen LogP contribution in [0.3, 0.4) is 0 Å². The van der Waals surface area contributed by atoms with Gasteiger partial charge in [-0.25, -0.2) is 0 Å². The van der Waals surface area contributed by atoms with Crippen LogP contribution in [0.1, 0.15) is 55.2 Å². The molecule has 1 heterocycles. The van der Waals surface area contributed by atoms with E-state index in [4.69, 9.17) is 32.7 Å². The molecule has 0 aromatic heterocycles. The molecule has 2 amide bonds. The molecule has 3 aromatic carbocycles. The Morgan fingerprint density at radius 2 is 1.60 bits per heavy atom. The van der Waals surface area contributed by atoms with Crippen LogP contribution < -0.4 is 14.8 Å². The van der Waals surface area contributed by atoms with Crippen LogP contribution in [0.5, 0.6) is 11.5 Å². The summed E-state index contributed by atoms with van der Waals surface area (Å²) in [5.41, 5.74) is 2.57. The Morgan fingerprint density at radius 3 is 2.35 bits per heavy atom. The molecule has 2 aliphatic rings. The Labute approximate surface area is 245 Å². The van der Waals surface area contributed by atoms with Crippen molar-refractivity contribution in [2.24, 2.45) is 0 Å². The molecule has 0 saturated heterocycles. The van der Waals surface area contributed by atoms with Crippen LogP contribution in [-0.2, 0) is 29.0 Å². The minimum Gasteiger partial charge on any atom is -0.454 e. The summed E-state index contributed by atoms with van der Waals surface area (Å²) in [7, 11) is 0. The van der Waals surface area contributed by atoms with Crippen molar-refractivity contribution in [2.75, 3.05) is 6.79 Å². The van der Waals surface area contributed by atoms with E-state index in [0.29, 0.717) is 39.9 Å². The van der Waals surface area contributed by atoms with Crippen LogP contribution in [0.4, 0.5) is 0 Å². The summed E-state index contributed by atoms with van der Waals surface area (Å²) in [5.74, 6) is 1.09. The lowest BCUT2D eigenvalue weighted by atomic mass is 9.94. The highest BCUT2D eigenvalue weighted by molar-refractivity contribution is 6.36. The molecule has 1 saturated carbocycles. The van der Waals surface area contributed by atoms with Crippen LogP contribution in [0.2, 0.25) is 10.0 Å². The fourth-order valence-electron chi connectivity index (χ4n) is 5.44. The molecule has 1 aliphatic heterocycles. The van der Waals surface area contributed by atoms with E-state index in [1.807, 2.05) is 48.5 Å². The molecule has 0 spiro atoms. The molecule has 1 fully saturated rings. The van der Waals surface area contributed by atoms with Crippen LogP contribution in [0.15, 0.2) is 66.7 Å². The molecule has 40 heavy (non-hydrogen) atoms. The number of rotatable bonds is 10. The fraction of sp³-hybridized carbons (Fsp3) is 0.375. The van der Waals surface area contributed by atoms with Gasteiger partial charge in [0.05, 0.1) is 0 Å². The van der Waals surface area contributed by atoms with Crippen molar-refractivity contribution in [1.82, 2.24) is 10.2 Å². The number of halogens is 2. The van der Waals surface area contributed by atoms with Gasteiger partial charge in [0.25, 0.3) is 0 Å². The van der Waals surface area contributed by atoms with Gasteiger partial charge in [-0.2, -0.15) is 0 Å². The minimum atomic E-state index is -0.721. The van der Waals surface area contributed by atoms with Gasteiger partial charge in [0.1, 0.15) is 6.04 Å². The Kier molecular flexibility index (Phi) is 9.50. The summed E-state index contributed by atoms with van der Waals surface area (Å²) < 4.78 is 10.9. The van der Waals surface area contributed by atoms with Crippen LogP contribution >= 0.6 is 23.2 Å². The van der Waals surface area contributed by atoms with E-state index in [0.717, 1.165) is 36.8 Å². The second kappa shape index (κ2) is 13.4. The molecule has 1 unspecified atom stereocenters. The monoisotopic (exact) mass is 580 g/mol. The number of carbonyl (C=O) groups is 2. The summed E-state index contributed by atoms with van der Waals surface area (Å²) in [5, 5.41) is 4.19. The number of nitrogens with zero attached hydrogens (tertiary/aromatic N) is 1. The molecule has 1 aliphatic carbocycles. The van der Waals surface area contributed by atoms with Crippen LogP contribution in [0.25, 0.3) is 0 Å². The smallest absolute Gasteiger partial charge is 0.243 e. The molecule has 8 heteroatoms. The first-order valence-electron chi connectivity index (χ1n) is 13.9. The molecule has 6 nitrogen and oxygen atoms in total. The van der Waals surface area contributed by atoms with Crippen LogP contribution in [0, 0.1) is 0 Å². The zero-order chi connectivity index (χ0) is 27.9. The summed E-state index contributed by atoms with van der Waals surface area (Å²) in [6.45, 7) is 0.329. The van der Waals surface area contributed by atoms with Gasteiger partial charge < -0.3 is 19.7 Å². The third-order valence-electron chi connectivity index (χ3n) is 7.68. The van der Waals surface area contributed by atoms with Gasteiger partial charge in [-0.15, -0.1) is 0 Å². The quantitative estimate of drug-likeness (QED) is 0.288. The number of benzene rings is 3. The Hall–Kier alpha value is -3.22. The van der Waals surface area contributed by atoms with Gasteiger partial charge in [-0.1, -0.05) is 84.9 Å². The fourth-order valence-corrected chi connectivity index (χ4v) is 5.96. The average Bonchev–Trinajstić information content (AvgIpc) is 3.44. The van der Waals surface area contributed by atoms with Crippen molar-refractivity contribution in [2.45, 2.75) is 70.0 Å². The number of ether oxygens (including phenoxy) is 2. The lowest BCUT2D eigenvalue weighted by Gasteiger charge is -2.34. The number of hydrogen-bond acceptors (Lipinski definition) is 4. The highest BCUT2D eigenvalue weighted by Gasteiger charge is 2.32. The van der Waals surface area contributed by atoms with E-state index >= 15 is 0 Å². The topological polar surface area (TPSA) is 67.9 Å². The van der Waals surface area contributed by atoms with Crippen molar-refractivity contribution >= 4 is 35.0 Å². The molecular weight excluding hydrogens is 547 g/mol. The van der Waals surface area contributed by atoms with Gasteiger partial charge in [-0.3, -0.25) is 9.59 Å². The Bertz CT molecular complexity index is 1310. The lowest BCUT2D eigenvalue weighted by Crippen LogP contribution is -2.53. The zero-order valence-electron chi connectivity index (χ0n) is 22.4. The Balaban J connectivity index is 1.43. The second-order valence-electron chi connectivity index (χ2n) is 10.5. The molecule has 0 radical (unpaired) electrons. The summed E-state index contributed by atoms with van der Waals surface area (Å²) in [6.07, 6.45) is 6.39. The molecule has 3 aromatic rings. The molecule has 0 bridgehead atoms. The van der Waals surface area contributed by atoms with Crippen molar-refractivity contribution < 1.29 is 19.1 Å². The highest BCUT2D eigenvalue weighted by Crippen LogP contribution is 2.33. The first-order chi connectivity index (χ1) is 19.5. The third-order valence-corrected chi connectivity index (χ3v) is 8.39. The van der Waals surface area contributed by atoms with E-state index in [1.165, 1.54) is 6.42 Å². The first kappa shape index (κ1) is 28.3. The van der Waals surface area contributed by atoms with E-state index in [1.54, 1.807) is 23.1 Å². The summed E-state index contributed by atoms with van der Waals surface area (Å²) in [4.78, 5) is 29.6. The molecule has 210 valence electrons. The Morgan fingerprint density at radius 1 is 0.875 bits per heavy atom. The predicted molar refractivity (Wildman–Crippen MR) is 157 cm³/mol. The summed E-state index contributed by atoms with van der Waals surface area (Å²) in [6, 6.07) is 20.2. The van der Waals surface area contributed by atoms with Crippen molar-refractivity contribution in [1.29, 1.82) is 0 Å². The number of nitrogens with one attached hydrogen (secondary N) is 1. The maximum Gasteiger partial charge on any atom is 0.243 e. The molecular formula is C32H34Cl2N2O4. The number of aryl methyl sites for hydroxylation is 1. The van der Waals surface area contributed by atoms with Crippen LogP contribution in [-0.4, -0.2) is 35.6 Å². The SMILES string of the molecule is O=C(NC1CCCCC1)C(Cc1ccccc1)N(Cc1c(Cl)cccc1Cl)C(=O)CCc1ccc2c(c1)OCO2. The van der Waals surface area contributed by atoms with Gasteiger partial charge in [0.2, 0.25) is 18.6 Å². The predicted octanol–water partition coefficient (Wildman–Crippen LogP) is 6.74. The van der Waals surface area contributed by atoms with E-state index in [9.17, 15) is 9.59 Å². The zero-order valence-corrected chi connectivity index (χ0v) is 23.9. The maximum absolute atomic E-state index is 14.0. The summed E-state index contributed by atoms with van der Waals surface area (Å²) >= 11 is 13.1. The average molecular weight is 582 g/mol. The number of fused-ring (bicyclic) bond motifs is 1. The lowest BCUT2D eigenvalue weighted by molar-refractivity contribution is -0.141.